The van der Waals surface area contributed by atoms with Gasteiger partial charge in [-0.25, -0.2) is 16.8 Å². The summed E-state index contributed by atoms with van der Waals surface area (Å²) in [6.45, 7) is 12.2. The van der Waals surface area contributed by atoms with E-state index in [-0.39, 0.29) is 46.3 Å². The molecule has 0 spiro atoms. The van der Waals surface area contributed by atoms with Crippen molar-refractivity contribution in [3.8, 4) is 11.5 Å². The Hall–Kier alpha value is -2.68. The highest BCUT2D eigenvalue weighted by atomic mass is 32.3. The Labute approximate surface area is 234 Å². The van der Waals surface area contributed by atoms with Gasteiger partial charge < -0.3 is 15.0 Å². The molecule has 39 heavy (non-hydrogen) atoms. The largest absolute Gasteiger partial charge is 0.504 e. The zero-order chi connectivity index (χ0) is 29.2. The molecule has 0 aliphatic rings. The molecular formula is C29H42N2O6S2. The summed E-state index contributed by atoms with van der Waals surface area (Å²) in [5, 5.41) is 0. The SMILES string of the molecule is CCCCCOc1ccc(C(C)C)cc1S(=O)(=O)C(=[N+]=[N-])S(=O)(=O)c1cc(C(C)C)ccc1OCCCCC. The smallest absolute Gasteiger partial charge is 0.492 e. The van der Waals surface area contributed by atoms with Crippen LogP contribution in [-0.4, -0.2) is 39.2 Å². The van der Waals surface area contributed by atoms with E-state index in [9.17, 15) is 22.4 Å². The first kappa shape index (κ1) is 32.5. The molecule has 2 aromatic rings. The van der Waals surface area contributed by atoms with Crippen molar-refractivity contribution >= 4 is 24.1 Å². The van der Waals surface area contributed by atoms with Crippen molar-refractivity contribution < 1.29 is 31.1 Å². The molecule has 0 atom stereocenters. The molecule has 0 heterocycles. The number of benzene rings is 2. The van der Waals surface area contributed by atoms with E-state index < -0.39 is 24.1 Å². The average molecular weight is 579 g/mol. The van der Waals surface area contributed by atoms with Crippen LogP contribution in [0.15, 0.2) is 46.2 Å². The van der Waals surface area contributed by atoms with Gasteiger partial charge in [-0.1, -0.05) is 79.4 Å². The number of hydrogen-bond acceptors (Lipinski definition) is 6. The molecule has 8 nitrogen and oxygen atoms in total. The number of sulfone groups is 2. The van der Waals surface area contributed by atoms with Crippen molar-refractivity contribution in [1.29, 1.82) is 0 Å². The lowest BCUT2D eigenvalue weighted by Crippen LogP contribution is -2.27. The van der Waals surface area contributed by atoms with Crippen LogP contribution in [0.4, 0.5) is 0 Å². The summed E-state index contributed by atoms with van der Waals surface area (Å²) < 4.78 is 65.8. The molecule has 0 unspecified atom stereocenters. The van der Waals surface area contributed by atoms with Crippen LogP contribution < -0.4 is 9.47 Å². The molecule has 0 bridgehead atoms. The van der Waals surface area contributed by atoms with Gasteiger partial charge in [-0.3, -0.25) is 0 Å². The standard InChI is InChI=1S/C29H42N2O6S2/c1-7-9-11-17-36-25-15-13-23(21(3)4)19-27(25)38(32,33)29(31-30)39(34,35)28-20-24(22(5)6)14-16-26(28)37-18-12-10-8-2/h13-16,19-22H,7-12,17-18H2,1-6H3. The van der Waals surface area contributed by atoms with Gasteiger partial charge in [0.1, 0.15) is 21.3 Å². The van der Waals surface area contributed by atoms with Crippen molar-refractivity contribution in [2.24, 2.45) is 0 Å². The first-order valence-electron chi connectivity index (χ1n) is 13.7. The fraction of sp³-hybridized carbons (Fsp3) is 0.552. The predicted octanol–water partition coefficient (Wildman–Crippen LogP) is 6.90. The van der Waals surface area contributed by atoms with Gasteiger partial charge in [0.05, 0.1) is 13.2 Å². The monoisotopic (exact) mass is 578 g/mol. The van der Waals surface area contributed by atoms with E-state index in [0.717, 1.165) is 25.7 Å². The molecule has 0 radical (unpaired) electrons. The summed E-state index contributed by atoms with van der Waals surface area (Å²) in [4.78, 5) is 2.16. The van der Waals surface area contributed by atoms with E-state index in [1.54, 1.807) is 12.1 Å². The van der Waals surface area contributed by atoms with Crippen LogP contribution in [0.1, 0.15) is 103 Å². The number of hydrogen-bond donors (Lipinski definition) is 0. The molecule has 2 rings (SSSR count). The van der Waals surface area contributed by atoms with Crippen molar-refractivity contribution in [3.63, 3.8) is 0 Å². The van der Waals surface area contributed by atoms with E-state index in [0.29, 0.717) is 24.0 Å². The summed E-state index contributed by atoms with van der Waals surface area (Å²) in [5.41, 5.74) is 11.2. The van der Waals surface area contributed by atoms with Crippen LogP contribution in [0.5, 0.6) is 11.5 Å². The lowest BCUT2D eigenvalue weighted by Gasteiger charge is -2.15. The van der Waals surface area contributed by atoms with Gasteiger partial charge in [0.15, 0.2) is 0 Å². The summed E-state index contributed by atoms with van der Waals surface area (Å²) in [6.07, 6.45) is 5.13. The van der Waals surface area contributed by atoms with Crippen LogP contribution in [0.25, 0.3) is 5.53 Å². The van der Waals surface area contributed by atoms with Gasteiger partial charge in [0.25, 0.3) is 19.7 Å². The average Bonchev–Trinajstić information content (AvgIpc) is 2.89. The third-order valence-corrected chi connectivity index (χ3v) is 10.6. The van der Waals surface area contributed by atoms with Crippen molar-refractivity contribution in [2.45, 2.75) is 102 Å². The molecule has 0 saturated heterocycles. The van der Waals surface area contributed by atoms with Gasteiger partial charge in [0, 0.05) is 0 Å². The Bertz CT molecular complexity index is 1280. The highest BCUT2D eigenvalue weighted by Gasteiger charge is 2.47. The number of unbranched alkanes of at least 4 members (excludes halogenated alkanes) is 4. The quantitative estimate of drug-likeness (QED) is 0.0789. The zero-order valence-corrected chi connectivity index (χ0v) is 25.6. The molecule has 0 N–H and O–H groups in total. The van der Waals surface area contributed by atoms with Crippen LogP contribution >= 0.6 is 0 Å². The lowest BCUT2D eigenvalue weighted by atomic mass is 10.0. The Morgan fingerprint density at radius 2 is 1.10 bits per heavy atom. The fourth-order valence-electron chi connectivity index (χ4n) is 3.93. The first-order chi connectivity index (χ1) is 18.4. The minimum absolute atomic E-state index is 0.0128. The summed E-state index contributed by atoms with van der Waals surface area (Å²) in [7, 11) is -9.67. The summed E-state index contributed by atoms with van der Waals surface area (Å²) >= 11 is 0. The lowest BCUT2D eigenvalue weighted by molar-refractivity contribution is 0.00377. The van der Waals surface area contributed by atoms with Gasteiger partial charge in [-0.15, -0.1) is 4.79 Å². The second kappa shape index (κ2) is 14.6. The molecule has 0 saturated carbocycles. The number of nitrogens with zero attached hydrogens (tertiary/aromatic N) is 2. The van der Waals surface area contributed by atoms with Gasteiger partial charge in [0.2, 0.25) is 0 Å². The molecular weight excluding hydrogens is 536 g/mol. The van der Waals surface area contributed by atoms with Crippen LogP contribution in [0, 0.1) is 0 Å². The Kier molecular flexibility index (Phi) is 12.2. The van der Waals surface area contributed by atoms with Crippen molar-refractivity contribution in [1.82, 2.24) is 0 Å². The predicted molar refractivity (Wildman–Crippen MR) is 154 cm³/mol. The highest BCUT2D eigenvalue weighted by molar-refractivity contribution is 8.31. The molecule has 0 aliphatic heterocycles. The molecule has 0 aliphatic carbocycles. The number of rotatable bonds is 14. The maximum atomic E-state index is 13.9. The Balaban J connectivity index is 2.67. The van der Waals surface area contributed by atoms with Gasteiger partial charge >= 0.3 is 4.38 Å². The van der Waals surface area contributed by atoms with Crippen LogP contribution in [0.2, 0.25) is 0 Å². The number of ether oxygens (including phenoxy) is 2. The Morgan fingerprint density at radius 3 is 1.41 bits per heavy atom. The van der Waals surface area contributed by atoms with Gasteiger partial charge in [-0.05, 0) is 60.1 Å². The maximum Gasteiger partial charge on any atom is 0.504 e. The third-order valence-electron chi connectivity index (χ3n) is 6.40. The minimum atomic E-state index is -4.83. The third kappa shape index (κ3) is 8.16. The molecule has 0 fully saturated rings. The van der Waals surface area contributed by atoms with Gasteiger partial charge in [-0.2, -0.15) is 0 Å². The van der Waals surface area contributed by atoms with E-state index >= 15 is 0 Å². The second-order valence-electron chi connectivity index (χ2n) is 10.2. The van der Waals surface area contributed by atoms with E-state index in [1.807, 2.05) is 41.5 Å². The maximum absolute atomic E-state index is 13.9. The highest BCUT2D eigenvalue weighted by Crippen LogP contribution is 2.35. The normalized spacial score (nSPS) is 12.0. The topological polar surface area (TPSA) is 123 Å². The first-order valence-corrected chi connectivity index (χ1v) is 16.6. The zero-order valence-electron chi connectivity index (χ0n) is 23.9. The minimum Gasteiger partial charge on any atom is -0.492 e. The summed E-state index contributed by atoms with van der Waals surface area (Å²) in [5.74, 6) is -0.0484. The molecule has 0 amide bonds. The van der Waals surface area contributed by atoms with E-state index in [1.165, 1.54) is 24.3 Å². The molecule has 2 aromatic carbocycles. The van der Waals surface area contributed by atoms with Crippen molar-refractivity contribution in [2.75, 3.05) is 13.2 Å². The van der Waals surface area contributed by atoms with Crippen LogP contribution in [0.3, 0.4) is 0 Å². The molecule has 10 heteroatoms. The Morgan fingerprint density at radius 1 is 0.718 bits per heavy atom. The second-order valence-corrected chi connectivity index (χ2v) is 14.1. The molecule has 216 valence electrons. The van der Waals surface area contributed by atoms with Crippen LogP contribution in [-0.2, 0) is 19.7 Å². The molecule has 0 aromatic heterocycles. The van der Waals surface area contributed by atoms with Crippen molar-refractivity contribution in [3.05, 3.63) is 53.1 Å². The fourth-order valence-corrected chi connectivity index (χ4v) is 7.59. The summed E-state index contributed by atoms with van der Waals surface area (Å²) in [6, 6.07) is 9.33. The van der Waals surface area contributed by atoms with E-state index in [2.05, 4.69) is 4.79 Å². The van der Waals surface area contributed by atoms with E-state index in [4.69, 9.17) is 9.47 Å².